The third kappa shape index (κ3) is 3.02. The van der Waals surface area contributed by atoms with Crippen molar-refractivity contribution in [3.8, 4) is 0 Å². The Labute approximate surface area is 119 Å². The van der Waals surface area contributed by atoms with Gasteiger partial charge >= 0.3 is 16.2 Å². The van der Waals surface area contributed by atoms with E-state index in [9.17, 15) is 26.3 Å². The van der Waals surface area contributed by atoms with Crippen molar-refractivity contribution in [3.05, 3.63) is 29.6 Å². The summed E-state index contributed by atoms with van der Waals surface area (Å²) in [4.78, 5) is 24.3. The predicted molar refractivity (Wildman–Crippen MR) is 68.5 cm³/mol. The summed E-state index contributed by atoms with van der Waals surface area (Å²) in [6, 6.07) is 3.01. The Balaban J connectivity index is 2.45. The van der Waals surface area contributed by atoms with Crippen LogP contribution in [0.1, 0.15) is 16.8 Å². The minimum Gasteiger partial charge on any atom is -0.465 e. The molecule has 1 amide bonds. The van der Waals surface area contributed by atoms with Crippen LogP contribution in [0.3, 0.4) is 0 Å². The number of nitrogens with zero attached hydrogens (tertiary/aromatic N) is 1. The standard InChI is InChI=1S/C12H11F2NO5S/c1-20-12(17)9-3-2-7(13)4-10(9)15-6-8(5-11(15)16)21(14,18)19/h2-4,8H,5-6H2,1H3. The molecule has 21 heavy (non-hydrogen) atoms. The molecular weight excluding hydrogens is 308 g/mol. The quantitative estimate of drug-likeness (QED) is 0.614. The van der Waals surface area contributed by atoms with E-state index >= 15 is 0 Å². The number of carbonyl (C=O) groups excluding carboxylic acids is 2. The molecule has 1 aliphatic heterocycles. The van der Waals surface area contributed by atoms with Crippen molar-refractivity contribution in [2.24, 2.45) is 0 Å². The van der Waals surface area contributed by atoms with Crippen LogP contribution in [0.15, 0.2) is 18.2 Å². The Morgan fingerprint density at radius 1 is 1.43 bits per heavy atom. The minimum atomic E-state index is -4.90. The summed E-state index contributed by atoms with van der Waals surface area (Å²) >= 11 is 0. The fraction of sp³-hybridized carbons (Fsp3) is 0.333. The molecule has 1 aromatic rings. The van der Waals surface area contributed by atoms with Gasteiger partial charge in [-0.2, -0.15) is 8.42 Å². The Kier molecular flexibility index (Phi) is 3.95. The molecule has 1 aliphatic rings. The van der Waals surface area contributed by atoms with Gasteiger partial charge in [0.1, 0.15) is 11.1 Å². The van der Waals surface area contributed by atoms with E-state index in [0.29, 0.717) is 0 Å². The normalized spacial score (nSPS) is 18.9. The summed E-state index contributed by atoms with van der Waals surface area (Å²) in [5.74, 6) is -2.25. The lowest BCUT2D eigenvalue weighted by Crippen LogP contribution is -2.28. The number of hydrogen-bond donors (Lipinski definition) is 0. The lowest BCUT2D eigenvalue weighted by molar-refractivity contribution is -0.117. The van der Waals surface area contributed by atoms with Crippen LogP contribution in [0.4, 0.5) is 14.0 Å². The van der Waals surface area contributed by atoms with Crippen LogP contribution >= 0.6 is 0 Å². The molecule has 1 atom stereocenters. The van der Waals surface area contributed by atoms with Gasteiger partial charge in [-0.05, 0) is 18.2 Å². The molecule has 1 unspecified atom stereocenters. The van der Waals surface area contributed by atoms with Crippen molar-refractivity contribution in [2.75, 3.05) is 18.6 Å². The zero-order valence-electron chi connectivity index (χ0n) is 10.9. The second kappa shape index (κ2) is 5.40. The van der Waals surface area contributed by atoms with Crippen molar-refractivity contribution in [3.63, 3.8) is 0 Å². The number of rotatable bonds is 3. The van der Waals surface area contributed by atoms with Crippen LogP contribution in [0.2, 0.25) is 0 Å². The van der Waals surface area contributed by atoms with E-state index in [1.165, 1.54) is 0 Å². The highest BCUT2D eigenvalue weighted by Gasteiger charge is 2.40. The highest BCUT2D eigenvalue weighted by atomic mass is 32.3. The smallest absolute Gasteiger partial charge is 0.339 e. The van der Waals surface area contributed by atoms with Crippen molar-refractivity contribution in [1.82, 2.24) is 0 Å². The molecule has 1 heterocycles. The Morgan fingerprint density at radius 2 is 2.10 bits per heavy atom. The molecule has 2 rings (SSSR count). The fourth-order valence-electron chi connectivity index (χ4n) is 2.11. The minimum absolute atomic E-state index is 0.107. The molecule has 6 nitrogen and oxygen atoms in total. The third-order valence-electron chi connectivity index (χ3n) is 3.14. The first-order chi connectivity index (χ1) is 9.74. The molecule has 0 saturated carbocycles. The van der Waals surface area contributed by atoms with E-state index in [1.54, 1.807) is 0 Å². The molecule has 0 radical (unpaired) electrons. The van der Waals surface area contributed by atoms with Gasteiger partial charge in [-0.25, -0.2) is 9.18 Å². The van der Waals surface area contributed by atoms with Crippen molar-refractivity contribution >= 4 is 27.8 Å². The van der Waals surface area contributed by atoms with Crippen LogP contribution in [0.5, 0.6) is 0 Å². The number of benzene rings is 1. The number of halogens is 2. The number of carbonyl (C=O) groups is 2. The number of hydrogen-bond acceptors (Lipinski definition) is 5. The molecule has 0 N–H and O–H groups in total. The maximum Gasteiger partial charge on any atom is 0.339 e. The van der Waals surface area contributed by atoms with Crippen LogP contribution in [-0.4, -0.2) is 39.2 Å². The molecule has 1 saturated heterocycles. The first-order valence-corrected chi connectivity index (χ1v) is 7.30. The summed E-state index contributed by atoms with van der Waals surface area (Å²) in [7, 11) is -3.79. The van der Waals surface area contributed by atoms with Gasteiger partial charge < -0.3 is 9.64 Å². The van der Waals surface area contributed by atoms with Crippen LogP contribution < -0.4 is 4.90 Å². The molecule has 1 fully saturated rings. The zero-order chi connectivity index (χ0) is 15.8. The summed E-state index contributed by atoms with van der Waals surface area (Å²) in [5.41, 5.74) is -0.248. The third-order valence-corrected chi connectivity index (χ3v) is 4.26. The second-order valence-electron chi connectivity index (χ2n) is 4.46. The van der Waals surface area contributed by atoms with Gasteiger partial charge in [0.05, 0.1) is 18.4 Å². The molecule has 0 aliphatic carbocycles. The Bertz CT molecular complexity index is 704. The average Bonchev–Trinajstić information content (AvgIpc) is 2.79. The van der Waals surface area contributed by atoms with Crippen molar-refractivity contribution in [1.29, 1.82) is 0 Å². The molecular formula is C12H11F2NO5S. The first-order valence-electron chi connectivity index (χ1n) is 5.85. The van der Waals surface area contributed by atoms with E-state index in [-0.39, 0.29) is 11.3 Å². The van der Waals surface area contributed by atoms with Crippen LogP contribution in [0, 0.1) is 5.82 Å². The van der Waals surface area contributed by atoms with Crippen molar-refractivity contribution < 1.29 is 31.0 Å². The molecule has 1 aromatic carbocycles. The van der Waals surface area contributed by atoms with E-state index in [0.717, 1.165) is 30.2 Å². The lowest BCUT2D eigenvalue weighted by atomic mass is 10.1. The number of amides is 1. The topological polar surface area (TPSA) is 80.8 Å². The molecule has 0 bridgehead atoms. The highest BCUT2D eigenvalue weighted by Crippen LogP contribution is 2.29. The van der Waals surface area contributed by atoms with Gasteiger partial charge in [-0.3, -0.25) is 4.79 Å². The predicted octanol–water partition coefficient (Wildman–Crippen LogP) is 1.02. The molecule has 0 aromatic heterocycles. The maximum atomic E-state index is 13.3. The molecule has 9 heteroatoms. The summed E-state index contributed by atoms with van der Waals surface area (Å²) in [6.45, 7) is -0.481. The van der Waals surface area contributed by atoms with E-state index < -0.39 is 46.1 Å². The van der Waals surface area contributed by atoms with Crippen LogP contribution in [0.25, 0.3) is 0 Å². The SMILES string of the molecule is COC(=O)c1ccc(F)cc1N1CC(S(=O)(=O)F)CC1=O. The Morgan fingerprint density at radius 3 is 2.62 bits per heavy atom. The van der Waals surface area contributed by atoms with Gasteiger partial charge in [0, 0.05) is 13.0 Å². The second-order valence-corrected chi connectivity index (χ2v) is 6.08. The van der Waals surface area contributed by atoms with Gasteiger partial charge in [-0.1, -0.05) is 0 Å². The van der Waals surface area contributed by atoms with Crippen LogP contribution in [-0.2, 0) is 19.8 Å². The van der Waals surface area contributed by atoms with E-state index in [4.69, 9.17) is 0 Å². The van der Waals surface area contributed by atoms with Gasteiger partial charge in [0.2, 0.25) is 5.91 Å². The number of anilines is 1. The lowest BCUT2D eigenvalue weighted by Gasteiger charge is -2.19. The zero-order valence-corrected chi connectivity index (χ0v) is 11.7. The summed E-state index contributed by atoms with van der Waals surface area (Å²) in [6.07, 6.45) is -0.560. The summed E-state index contributed by atoms with van der Waals surface area (Å²) in [5, 5.41) is -1.53. The maximum absolute atomic E-state index is 13.3. The monoisotopic (exact) mass is 319 g/mol. The first kappa shape index (κ1) is 15.4. The number of esters is 1. The average molecular weight is 319 g/mol. The highest BCUT2D eigenvalue weighted by molar-refractivity contribution is 7.87. The largest absolute Gasteiger partial charge is 0.465 e. The molecule has 0 spiro atoms. The summed E-state index contributed by atoms with van der Waals surface area (Å²) < 4.78 is 52.6. The van der Waals surface area contributed by atoms with E-state index in [1.807, 2.05) is 0 Å². The van der Waals surface area contributed by atoms with Crippen molar-refractivity contribution in [2.45, 2.75) is 11.7 Å². The van der Waals surface area contributed by atoms with Gasteiger partial charge in [0.25, 0.3) is 0 Å². The van der Waals surface area contributed by atoms with Gasteiger partial charge in [0.15, 0.2) is 0 Å². The molecule has 114 valence electrons. The Hall–Kier alpha value is -2.03. The fourth-order valence-corrected chi connectivity index (χ4v) is 2.78. The number of methoxy groups -OCH3 is 1. The number of ether oxygens (including phenoxy) is 1. The van der Waals surface area contributed by atoms with E-state index in [2.05, 4.69) is 4.74 Å². The van der Waals surface area contributed by atoms with Gasteiger partial charge in [-0.15, -0.1) is 3.89 Å².